The van der Waals surface area contributed by atoms with Gasteiger partial charge in [-0.1, -0.05) is 0 Å². The average Bonchev–Trinajstić information content (AvgIpc) is 3.05. The standard InChI is InChI=1S/C17H17N3O5S2/c1-10(2)25-14-5-4-6-18-12(14)9-26(21)17-19-16-13-7-11(24-3)8-15(16)27(22,23)20(13)17/h4-8,10H,9H2,1-3H3. The average molecular weight is 407 g/mol. The fourth-order valence-electron chi connectivity index (χ4n) is 2.95. The minimum Gasteiger partial charge on any atom is -0.497 e. The van der Waals surface area contributed by atoms with Crippen LogP contribution in [0.2, 0.25) is 0 Å². The van der Waals surface area contributed by atoms with Gasteiger partial charge in [0, 0.05) is 18.3 Å². The molecule has 0 saturated heterocycles. The molecule has 0 fully saturated rings. The fourth-order valence-corrected chi connectivity index (χ4v) is 6.07. The Morgan fingerprint density at radius 3 is 2.78 bits per heavy atom. The second-order valence-electron chi connectivity index (χ2n) is 6.26. The van der Waals surface area contributed by atoms with Gasteiger partial charge >= 0.3 is 0 Å². The van der Waals surface area contributed by atoms with Gasteiger partial charge in [0.15, 0.2) is 0 Å². The summed E-state index contributed by atoms with van der Waals surface area (Å²) in [6, 6.07) is 6.47. The van der Waals surface area contributed by atoms with Crippen molar-refractivity contribution in [1.29, 1.82) is 0 Å². The van der Waals surface area contributed by atoms with Crippen LogP contribution in [0.3, 0.4) is 0 Å². The Balaban J connectivity index is 1.76. The van der Waals surface area contributed by atoms with Crippen LogP contribution in [-0.2, 0) is 26.6 Å². The maximum Gasteiger partial charge on any atom is 0.272 e. The molecule has 27 heavy (non-hydrogen) atoms. The van der Waals surface area contributed by atoms with Gasteiger partial charge in [-0.15, -0.1) is 0 Å². The van der Waals surface area contributed by atoms with E-state index in [0.717, 1.165) is 3.97 Å². The summed E-state index contributed by atoms with van der Waals surface area (Å²) in [5.74, 6) is 0.925. The van der Waals surface area contributed by atoms with Crippen LogP contribution in [0.4, 0.5) is 0 Å². The lowest BCUT2D eigenvalue weighted by molar-refractivity contribution is 0.239. The number of aromatic nitrogens is 3. The van der Waals surface area contributed by atoms with Crippen LogP contribution in [0.1, 0.15) is 19.5 Å². The van der Waals surface area contributed by atoms with Crippen molar-refractivity contribution < 1.29 is 22.1 Å². The van der Waals surface area contributed by atoms with Crippen molar-refractivity contribution in [3.8, 4) is 11.5 Å². The fraction of sp³-hybridized carbons (Fsp3) is 0.294. The number of hydrogen-bond acceptors (Lipinski definition) is 7. The van der Waals surface area contributed by atoms with E-state index in [1.165, 1.54) is 13.2 Å². The molecule has 142 valence electrons. The van der Waals surface area contributed by atoms with E-state index >= 15 is 0 Å². The highest BCUT2D eigenvalue weighted by Crippen LogP contribution is 2.39. The molecule has 1 aliphatic heterocycles. The number of hydrogen-bond donors (Lipinski definition) is 0. The molecule has 1 aromatic carbocycles. The molecule has 8 nitrogen and oxygen atoms in total. The van der Waals surface area contributed by atoms with E-state index in [-0.39, 0.29) is 21.9 Å². The lowest BCUT2D eigenvalue weighted by Crippen LogP contribution is -2.17. The summed E-state index contributed by atoms with van der Waals surface area (Å²) in [4.78, 5) is 8.60. The molecule has 0 aliphatic carbocycles. The van der Waals surface area contributed by atoms with Gasteiger partial charge in [0.1, 0.15) is 21.9 Å². The van der Waals surface area contributed by atoms with E-state index in [1.54, 1.807) is 24.4 Å². The number of imidazole rings is 1. The predicted molar refractivity (Wildman–Crippen MR) is 99.0 cm³/mol. The number of methoxy groups -OCH3 is 1. The first-order chi connectivity index (χ1) is 12.8. The summed E-state index contributed by atoms with van der Waals surface area (Å²) in [6.45, 7) is 3.76. The molecule has 1 aliphatic rings. The maximum atomic E-state index is 13.0. The third kappa shape index (κ3) is 2.79. The second-order valence-corrected chi connectivity index (χ2v) is 9.36. The Kier molecular flexibility index (Phi) is 4.19. The molecular weight excluding hydrogens is 390 g/mol. The summed E-state index contributed by atoms with van der Waals surface area (Å²) in [6.07, 6.45) is 1.51. The molecule has 1 atom stereocenters. The molecule has 2 aromatic heterocycles. The predicted octanol–water partition coefficient (Wildman–Crippen LogP) is 2.09. The quantitative estimate of drug-likeness (QED) is 0.482. The molecule has 1 unspecified atom stereocenters. The molecule has 4 bridgehead atoms. The molecule has 4 rings (SSSR count). The third-order valence-corrected chi connectivity index (χ3v) is 7.11. The van der Waals surface area contributed by atoms with Crippen LogP contribution >= 0.6 is 0 Å². The van der Waals surface area contributed by atoms with Crippen molar-refractivity contribution in [2.75, 3.05) is 7.11 Å². The first-order valence-electron chi connectivity index (χ1n) is 8.18. The van der Waals surface area contributed by atoms with Crippen LogP contribution in [0.25, 0.3) is 11.0 Å². The van der Waals surface area contributed by atoms with Gasteiger partial charge in [0.05, 0.1) is 41.0 Å². The van der Waals surface area contributed by atoms with E-state index in [4.69, 9.17) is 9.47 Å². The highest BCUT2D eigenvalue weighted by molar-refractivity contribution is 7.91. The van der Waals surface area contributed by atoms with Crippen molar-refractivity contribution in [2.24, 2.45) is 0 Å². The molecule has 0 saturated carbocycles. The van der Waals surface area contributed by atoms with E-state index in [0.29, 0.717) is 28.2 Å². The van der Waals surface area contributed by atoms with E-state index < -0.39 is 20.8 Å². The summed E-state index contributed by atoms with van der Waals surface area (Å²) >= 11 is 0. The molecule has 3 aromatic rings. The molecule has 0 N–H and O–H groups in total. The Bertz CT molecular complexity index is 1180. The van der Waals surface area contributed by atoms with Gasteiger partial charge in [-0.2, -0.15) is 0 Å². The largest absolute Gasteiger partial charge is 0.497 e. The van der Waals surface area contributed by atoms with Gasteiger partial charge in [0.2, 0.25) is 5.16 Å². The minimum atomic E-state index is -3.81. The highest BCUT2D eigenvalue weighted by atomic mass is 32.2. The smallest absolute Gasteiger partial charge is 0.272 e. The molecule has 3 heterocycles. The summed E-state index contributed by atoms with van der Waals surface area (Å²) in [5, 5.41) is -0.0214. The van der Waals surface area contributed by atoms with Gasteiger partial charge in [-0.25, -0.2) is 17.4 Å². The summed E-state index contributed by atoms with van der Waals surface area (Å²) < 4.78 is 50.3. The zero-order chi connectivity index (χ0) is 19.3. The lowest BCUT2D eigenvalue weighted by Gasteiger charge is -2.13. The van der Waals surface area contributed by atoms with Crippen LogP contribution in [0.15, 0.2) is 40.5 Å². The number of pyridine rings is 1. The van der Waals surface area contributed by atoms with E-state index in [2.05, 4.69) is 9.97 Å². The Morgan fingerprint density at radius 1 is 1.30 bits per heavy atom. The lowest BCUT2D eigenvalue weighted by atomic mass is 10.3. The normalized spacial score (nSPS) is 15.6. The van der Waals surface area contributed by atoms with Crippen LogP contribution in [0.5, 0.6) is 11.5 Å². The first-order valence-corrected chi connectivity index (χ1v) is 10.9. The third-order valence-electron chi connectivity index (χ3n) is 4.06. The number of ether oxygens (including phenoxy) is 2. The van der Waals surface area contributed by atoms with Crippen LogP contribution < -0.4 is 9.47 Å². The first kappa shape index (κ1) is 17.9. The van der Waals surface area contributed by atoms with Gasteiger partial charge in [-0.05, 0) is 26.0 Å². The highest BCUT2D eigenvalue weighted by Gasteiger charge is 2.38. The van der Waals surface area contributed by atoms with Crippen molar-refractivity contribution in [2.45, 2.75) is 35.8 Å². The number of rotatable bonds is 6. The van der Waals surface area contributed by atoms with Crippen molar-refractivity contribution in [1.82, 2.24) is 13.9 Å². The Morgan fingerprint density at radius 2 is 2.07 bits per heavy atom. The molecule has 0 radical (unpaired) electrons. The SMILES string of the molecule is COc1cc2c3nc(S(=O)Cc4ncccc4OC(C)C)n(c3c1)S2(=O)=O. The van der Waals surface area contributed by atoms with Gasteiger partial charge < -0.3 is 9.47 Å². The Labute approximate surface area is 158 Å². The zero-order valence-corrected chi connectivity index (χ0v) is 16.5. The molecule has 10 heteroatoms. The summed E-state index contributed by atoms with van der Waals surface area (Å²) in [5.41, 5.74) is 1.16. The topological polar surface area (TPSA) is 100 Å². The van der Waals surface area contributed by atoms with Crippen molar-refractivity contribution >= 4 is 31.9 Å². The molecular formula is C17H17N3O5S2. The Hall–Kier alpha value is -2.46. The van der Waals surface area contributed by atoms with E-state index in [9.17, 15) is 12.6 Å². The van der Waals surface area contributed by atoms with Crippen molar-refractivity contribution in [3.63, 3.8) is 0 Å². The number of nitrogens with zero attached hydrogens (tertiary/aromatic N) is 3. The number of benzene rings is 1. The van der Waals surface area contributed by atoms with Gasteiger partial charge in [-0.3, -0.25) is 9.19 Å². The van der Waals surface area contributed by atoms with Crippen LogP contribution in [-0.4, -0.2) is 39.8 Å². The van der Waals surface area contributed by atoms with Crippen molar-refractivity contribution in [3.05, 3.63) is 36.2 Å². The summed E-state index contributed by atoms with van der Waals surface area (Å²) in [7, 11) is -4.08. The monoisotopic (exact) mass is 407 g/mol. The maximum absolute atomic E-state index is 13.0. The zero-order valence-electron chi connectivity index (χ0n) is 14.9. The molecule has 0 amide bonds. The van der Waals surface area contributed by atoms with Crippen LogP contribution in [0, 0.1) is 0 Å². The van der Waals surface area contributed by atoms with E-state index in [1.807, 2.05) is 13.8 Å². The second kappa shape index (κ2) is 6.31. The van der Waals surface area contributed by atoms with Gasteiger partial charge in [0.25, 0.3) is 10.0 Å². The molecule has 0 spiro atoms. The minimum absolute atomic E-state index is 0.00575.